The third kappa shape index (κ3) is 4.88. The van der Waals surface area contributed by atoms with Crippen LogP contribution in [0.25, 0.3) is 0 Å². The predicted octanol–water partition coefficient (Wildman–Crippen LogP) is 4.56. The Morgan fingerprint density at radius 2 is 2.00 bits per heavy atom. The fourth-order valence-electron chi connectivity index (χ4n) is 3.72. The zero-order valence-electron chi connectivity index (χ0n) is 18.5. The van der Waals surface area contributed by atoms with Gasteiger partial charge in [-0.1, -0.05) is 27.7 Å². The van der Waals surface area contributed by atoms with Crippen molar-refractivity contribution in [1.29, 1.82) is 0 Å². The van der Waals surface area contributed by atoms with E-state index < -0.39 is 22.1 Å². The van der Waals surface area contributed by atoms with Gasteiger partial charge in [-0.2, -0.15) is 0 Å². The molecule has 0 unspecified atom stereocenters. The second kappa shape index (κ2) is 8.80. The molecule has 1 N–H and O–H groups in total. The Balaban J connectivity index is 1.99. The van der Waals surface area contributed by atoms with Crippen LogP contribution in [0.1, 0.15) is 91.0 Å². The van der Waals surface area contributed by atoms with Gasteiger partial charge >= 0.3 is 5.97 Å². The van der Waals surface area contributed by atoms with Crippen LogP contribution in [-0.4, -0.2) is 22.0 Å². The summed E-state index contributed by atoms with van der Waals surface area (Å²) in [6.07, 6.45) is 1.37. The molecule has 1 aromatic carbocycles. The molecule has 31 heavy (non-hydrogen) atoms. The van der Waals surface area contributed by atoms with Crippen molar-refractivity contribution in [2.45, 2.75) is 76.2 Å². The first kappa shape index (κ1) is 23.6. The van der Waals surface area contributed by atoms with Gasteiger partial charge in [0.15, 0.2) is 0 Å². The quantitative estimate of drug-likeness (QED) is 0.497. The molecule has 0 spiro atoms. The maximum atomic E-state index is 12.8. The number of amides is 1. The lowest BCUT2D eigenvalue weighted by Crippen LogP contribution is -2.14. The summed E-state index contributed by atoms with van der Waals surface area (Å²) in [6, 6.07) is 1.82. The molecule has 1 amide bonds. The summed E-state index contributed by atoms with van der Waals surface area (Å²) in [5, 5.41) is 10.4. The lowest BCUT2D eigenvalue weighted by atomic mass is 9.82. The minimum Gasteiger partial charge on any atom is -0.457 e. The van der Waals surface area contributed by atoms with Gasteiger partial charge in [0, 0.05) is 11.8 Å². The molecule has 2 heterocycles. The summed E-state index contributed by atoms with van der Waals surface area (Å²) in [5.74, 6) is -0.688. The fourth-order valence-corrected chi connectivity index (χ4v) is 5.49. The first-order valence-electron chi connectivity index (χ1n) is 10.1. The van der Waals surface area contributed by atoms with Gasteiger partial charge in [0.05, 0.1) is 12.0 Å². The van der Waals surface area contributed by atoms with Crippen molar-refractivity contribution in [3.05, 3.63) is 45.1 Å². The van der Waals surface area contributed by atoms with Gasteiger partial charge in [-0.15, -0.1) is 21.9 Å². The molecule has 3 rings (SSSR count). The number of benzene rings is 1. The number of nitrogens with zero attached hydrogens (tertiary/aromatic N) is 2. The number of thiazole rings is 1. The van der Waals surface area contributed by atoms with Crippen molar-refractivity contribution in [3.8, 4) is 0 Å². The average Bonchev–Trinajstić information content (AvgIpc) is 3.28. The van der Waals surface area contributed by atoms with Crippen molar-refractivity contribution >= 4 is 33.8 Å². The van der Waals surface area contributed by atoms with Crippen LogP contribution in [0, 0.1) is 0 Å². The topological polar surface area (TPSA) is 106 Å². The molecule has 9 heteroatoms. The molecule has 0 radical (unpaired) electrons. The van der Waals surface area contributed by atoms with E-state index in [0.717, 1.165) is 33.6 Å². The molecule has 168 valence electrons. The van der Waals surface area contributed by atoms with Crippen molar-refractivity contribution in [2.24, 2.45) is 4.36 Å². The summed E-state index contributed by atoms with van der Waals surface area (Å²) < 4.78 is 22.0. The van der Waals surface area contributed by atoms with Gasteiger partial charge in [-0.05, 0) is 52.6 Å². The highest BCUT2D eigenvalue weighted by atomic mass is 32.2. The van der Waals surface area contributed by atoms with E-state index in [1.807, 2.05) is 33.8 Å². The number of ether oxygens (including phenoxy) is 1. The Morgan fingerprint density at radius 3 is 2.55 bits per heavy atom. The molecule has 0 saturated heterocycles. The number of hydrogen-bond acceptors (Lipinski definition) is 8. The molecule has 0 saturated carbocycles. The number of esters is 1. The highest BCUT2D eigenvalue weighted by Gasteiger charge is 2.30. The second-order valence-electron chi connectivity index (χ2n) is 8.72. The van der Waals surface area contributed by atoms with Crippen LogP contribution in [0.2, 0.25) is 0 Å². The summed E-state index contributed by atoms with van der Waals surface area (Å²) >= 11 is 1.07. The Hall–Kier alpha value is -2.10. The Bertz CT molecular complexity index is 1120. The number of fused-ring (bicyclic) bond motifs is 1. The number of carbonyl (C=O) groups is 2. The maximum Gasteiger partial charge on any atom is 0.338 e. The van der Waals surface area contributed by atoms with Gasteiger partial charge in [0.1, 0.15) is 17.2 Å². The molecule has 1 aliphatic heterocycles. The monoisotopic (exact) mass is 463 g/mol. The molecular formula is C22H27N2O5S2-. The molecular weight excluding hydrogens is 436 g/mol. The van der Waals surface area contributed by atoms with Gasteiger partial charge in [-0.3, -0.25) is 4.79 Å². The lowest BCUT2D eigenvalue weighted by Gasteiger charge is -2.22. The SMILES string of the molecule is CC(C)c1cc2c(c(C(C)C)c1CC(=O)N=[S-](=O)c1cnc(C(C)(C)O)s1)COC2=O. The zero-order chi connectivity index (χ0) is 23.1. The van der Waals surface area contributed by atoms with E-state index in [4.69, 9.17) is 4.74 Å². The molecule has 2 aromatic rings. The lowest BCUT2D eigenvalue weighted by molar-refractivity contribution is -0.117. The third-order valence-electron chi connectivity index (χ3n) is 5.08. The van der Waals surface area contributed by atoms with E-state index in [1.54, 1.807) is 13.8 Å². The molecule has 0 bridgehead atoms. The van der Waals surface area contributed by atoms with Crippen LogP contribution in [0.4, 0.5) is 0 Å². The van der Waals surface area contributed by atoms with Crippen molar-refractivity contribution in [2.75, 3.05) is 0 Å². The summed E-state index contributed by atoms with van der Waals surface area (Å²) in [7, 11) is -1.90. The number of hydrogen-bond donors (Lipinski definition) is 1. The van der Waals surface area contributed by atoms with Gasteiger partial charge in [0.2, 0.25) is 5.91 Å². The number of rotatable bonds is 6. The molecule has 0 atom stereocenters. The molecule has 7 nitrogen and oxygen atoms in total. The van der Waals surface area contributed by atoms with Crippen LogP contribution in [0.3, 0.4) is 0 Å². The van der Waals surface area contributed by atoms with E-state index in [9.17, 15) is 18.9 Å². The van der Waals surface area contributed by atoms with E-state index >= 15 is 0 Å². The van der Waals surface area contributed by atoms with Crippen molar-refractivity contribution in [3.63, 3.8) is 0 Å². The molecule has 0 fully saturated rings. The number of aliphatic hydroxyl groups is 1. The Kier molecular flexibility index (Phi) is 6.69. The fraction of sp³-hybridized carbons (Fsp3) is 0.500. The van der Waals surface area contributed by atoms with E-state index in [2.05, 4.69) is 9.35 Å². The van der Waals surface area contributed by atoms with Crippen LogP contribution in [0.15, 0.2) is 20.8 Å². The minimum absolute atomic E-state index is 0.00854. The van der Waals surface area contributed by atoms with Crippen LogP contribution in [-0.2, 0) is 43.0 Å². The van der Waals surface area contributed by atoms with E-state index in [1.165, 1.54) is 6.20 Å². The number of cyclic esters (lactones) is 1. The smallest absolute Gasteiger partial charge is 0.338 e. The average molecular weight is 464 g/mol. The van der Waals surface area contributed by atoms with Crippen molar-refractivity contribution < 1.29 is 23.6 Å². The predicted molar refractivity (Wildman–Crippen MR) is 119 cm³/mol. The van der Waals surface area contributed by atoms with E-state index in [-0.39, 0.29) is 30.8 Å². The first-order chi connectivity index (χ1) is 14.4. The van der Waals surface area contributed by atoms with Crippen molar-refractivity contribution in [1.82, 2.24) is 4.98 Å². The van der Waals surface area contributed by atoms with Crippen LogP contribution in [0.5, 0.6) is 0 Å². The number of aromatic nitrogens is 1. The number of carbonyl (C=O) groups excluding carboxylic acids is 2. The first-order valence-corrected chi connectivity index (χ1v) is 12.0. The summed E-state index contributed by atoms with van der Waals surface area (Å²) in [5.41, 5.74) is 2.90. The van der Waals surface area contributed by atoms with Gasteiger partial charge in [0.25, 0.3) is 0 Å². The zero-order valence-corrected chi connectivity index (χ0v) is 20.1. The van der Waals surface area contributed by atoms with Gasteiger partial charge in [-0.25, -0.2) is 9.78 Å². The minimum atomic E-state index is -1.90. The van der Waals surface area contributed by atoms with Gasteiger partial charge < -0.3 is 18.4 Å². The van der Waals surface area contributed by atoms with E-state index in [0.29, 0.717) is 14.8 Å². The normalized spacial score (nSPS) is 14.9. The maximum absolute atomic E-state index is 12.8. The Labute approximate surface area is 188 Å². The van der Waals surface area contributed by atoms with Crippen LogP contribution < -0.4 is 0 Å². The Morgan fingerprint density at radius 1 is 1.32 bits per heavy atom. The molecule has 1 aliphatic rings. The highest BCUT2D eigenvalue weighted by Crippen LogP contribution is 2.37. The second-order valence-corrected chi connectivity index (χ2v) is 11.1. The highest BCUT2D eigenvalue weighted by molar-refractivity contribution is 7.78. The molecule has 0 aliphatic carbocycles. The summed E-state index contributed by atoms with van der Waals surface area (Å²) in [6.45, 7) is 11.4. The van der Waals surface area contributed by atoms with Crippen LogP contribution >= 0.6 is 11.3 Å². The third-order valence-corrected chi connectivity index (χ3v) is 7.68. The standard InChI is InChI=1S/C22H27N2O5S2/c1-11(2)13-7-15-16(10-29-20(15)26)19(12(3)4)14(13)8-17(25)24-31(28)18-9-23-21(30-18)22(5,6)27/h7,9,11-12,27H,8,10H2,1-6H3/q-1. The largest absolute Gasteiger partial charge is 0.457 e. The molecule has 1 aromatic heterocycles. The summed E-state index contributed by atoms with van der Waals surface area (Å²) in [4.78, 5) is 29.0.